The van der Waals surface area contributed by atoms with Gasteiger partial charge in [-0.3, -0.25) is 4.79 Å². The number of anilines is 2. The molecule has 0 unspecified atom stereocenters. The van der Waals surface area contributed by atoms with Crippen molar-refractivity contribution in [1.82, 2.24) is 4.90 Å². The fraction of sp³-hybridized carbons (Fsp3) is 0.650. The summed E-state index contributed by atoms with van der Waals surface area (Å²) in [5, 5.41) is 2.99. The van der Waals surface area contributed by atoms with E-state index in [0.717, 1.165) is 43.9 Å². The average molecular weight is 348 g/mol. The number of carbonyl (C=O) groups is 1. The lowest BCUT2D eigenvalue weighted by Gasteiger charge is -2.34. The monoisotopic (exact) mass is 347 g/mol. The molecule has 1 aromatic carbocycles. The molecule has 0 aliphatic carbocycles. The van der Waals surface area contributed by atoms with Crippen molar-refractivity contribution in [3.63, 3.8) is 0 Å². The van der Waals surface area contributed by atoms with Gasteiger partial charge in [0, 0.05) is 44.2 Å². The number of ether oxygens (including phenoxy) is 1. The molecule has 0 bridgehead atoms. The van der Waals surface area contributed by atoms with Crippen molar-refractivity contribution in [1.29, 1.82) is 0 Å². The largest absolute Gasteiger partial charge is 0.369 e. The zero-order chi connectivity index (χ0) is 18.4. The van der Waals surface area contributed by atoms with Crippen molar-refractivity contribution >= 4 is 17.3 Å². The third-order valence-corrected chi connectivity index (χ3v) is 4.77. The minimum atomic E-state index is -0.435. The highest BCUT2D eigenvalue weighted by Gasteiger charge is 2.17. The first-order valence-electron chi connectivity index (χ1n) is 9.33. The van der Waals surface area contributed by atoms with Crippen LogP contribution in [0.5, 0.6) is 0 Å². The van der Waals surface area contributed by atoms with Gasteiger partial charge >= 0.3 is 0 Å². The van der Waals surface area contributed by atoms with Gasteiger partial charge in [0.1, 0.15) is 6.10 Å². The van der Waals surface area contributed by atoms with E-state index in [2.05, 4.69) is 48.1 Å². The first-order chi connectivity index (χ1) is 11.9. The van der Waals surface area contributed by atoms with E-state index in [9.17, 15) is 4.79 Å². The zero-order valence-electron chi connectivity index (χ0n) is 16.3. The standard InChI is InChI=1S/C20H33N3O2/c1-15(2)8-13-25-17(4)20(24)21-19-7-6-18(14-16(19)3)23-11-9-22(5)10-12-23/h6-7,14-15,17H,8-13H2,1-5H3,(H,21,24)/t17-/m0/s1. The predicted octanol–water partition coefficient (Wildman–Crippen LogP) is 3.14. The van der Waals surface area contributed by atoms with Crippen LogP contribution in [0, 0.1) is 12.8 Å². The van der Waals surface area contributed by atoms with Crippen LogP contribution in [0.2, 0.25) is 0 Å². The first-order valence-corrected chi connectivity index (χ1v) is 9.33. The van der Waals surface area contributed by atoms with Crippen molar-refractivity contribution < 1.29 is 9.53 Å². The Morgan fingerprint density at radius 1 is 1.20 bits per heavy atom. The van der Waals surface area contributed by atoms with Crippen LogP contribution in [0.1, 0.15) is 32.8 Å². The van der Waals surface area contributed by atoms with Gasteiger partial charge in [-0.25, -0.2) is 0 Å². The summed E-state index contributed by atoms with van der Waals surface area (Å²) in [5.74, 6) is 0.499. The number of nitrogens with zero attached hydrogens (tertiary/aromatic N) is 2. The van der Waals surface area contributed by atoms with Crippen LogP contribution in [0.25, 0.3) is 0 Å². The Bertz CT molecular complexity index is 566. The summed E-state index contributed by atoms with van der Waals surface area (Å²) >= 11 is 0. The van der Waals surface area contributed by atoms with Crippen LogP contribution in [-0.2, 0) is 9.53 Å². The normalized spacial score (nSPS) is 17.0. The van der Waals surface area contributed by atoms with Crippen LogP contribution < -0.4 is 10.2 Å². The molecule has 0 saturated carbocycles. The summed E-state index contributed by atoms with van der Waals surface area (Å²) in [6, 6.07) is 6.26. The maximum Gasteiger partial charge on any atom is 0.253 e. The number of amides is 1. The molecule has 0 spiro atoms. The molecular formula is C20H33N3O2. The van der Waals surface area contributed by atoms with E-state index in [4.69, 9.17) is 4.74 Å². The highest BCUT2D eigenvalue weighted by molar-refractivity contribution is 5.94. The highest BCUT2D eigenvalue weighted by atomic mass is 16.5. The zero-order valence-corrected chi connectivity index (χ0v) is 16.3. The van der Waals surface area contributed by atoms with Crippen molar-refractivity contribution in [2.45, 2.75) is 40.2 Å². The number of rotatable bonds is 7. The van der Waals surface area contributed by atoms with Gasteiger partial charge in [-0.1, -0.05) is 13.8 Å². The molecular weight excluding hydrogens is 314 g/mol. The van der Waals surface area contributed by atoms with Crippen molar-refractivity contribution in [2.24, 2.45) is 5.92 Å². The molecule has 1 fully saturated rings. The van der Waals surface area contributed by atoms with Crippen LogP contribution in [0.4, 0.5) is 11.4 Å². The maximum absolute atomic E-state index is 12.3. The quantitative estimate of drug-likeness (QED) is 0.823. The third kappa shape index (κ3) is 6.01. The second kappa shape index (κ2) is 9.20. The van der Waals surface area contributed by atoms with Gasteiger partial charge in [0.2, 0.25) is 0 Å². The molecule has 0 aromatic heterocycles. The second-order valence-electron chi connectivity index (χ2n) is 7.47. The summed E-state index contributed by atoms with van der Waals surface area (Å²) < 4.78 is 5.63. The Kier molecular flexibility index (Phi) is 7.26. The van der Waals surface area contributed by atoms with E-state index < -0.39 is 6.10 Å². The summed E-state index contributed by atoms with van der Waals surface area (Å²) in [7, 11) is 2.16. The third-order valence-electron chi connectivity index (χ3n) is 4.77. The Hall–Kier alpha value is -1.59. The molecule has 1 aromatic rings. The number of hydrogen-bond acceptors (Lipinski definition) is 4. The molecule has 5 heteroatoms. The SMILES string of the molecule is Cc1cc(N2CCN(C)CC2)ccc1NC(=O)[C@H](C)OCCC(C)C. The van der Waals surface area contributed by atoms with E-state index in [1.165, 1.54) is 5.69 Å². The molecule has 5 nitrogen and oxygen atoms in total. The number of piperazine rings is 1. The number of carbonyl (C=O) groups excluding carboxylic acids is 1. The van der Waals surface area contributed by atoms with Crippen LogP contribution in [-0.4, -0.2) is 56.7 Å². The Morgan fingerprint density at radius 2 is 1.88 bits per heavy atom. The van der Waals surface area contributed by atoms with Crippen LogP contribution in [0.3, 0.4) is 0 Å². The average Bonchev–Trinajstić information content (AvgIpc) is 2.57. The van der Waals surface area contributed by atoms with Crippen LogP contribution in [0.15, 0.2) is 18.2 Å². The Balaban J connectivity index is 1.90. The van der Waals surface area contributed by atoms with Crippen molar-refractivity contribution in [3.05, 3.63) is 23.8 Å². The summed E-state index contributed by atoms with van der Waals surface area (Å²) in [6.07, 6.45) is 0.534. The summed E-state index contributed by atoms with van der Waals surface area (Å²) in [6.45, 7) is 13.0. The molecule has 1 N–H and O–H groups in total. The topological polar surface area (TPSA) is 44.8 Å². The van der Waals surface area contributed by atoms with E-state index >= 15 is 0 Å². The second-order valence-corrected chi connectivity index (χ2v) is 7.47. The smallest absolute Gasteiger partial charge is 0.253 e. The molecule has 1 heterocycles. The minimum absolute atomic E-state index is 0.0841. The van der Waals surface area contributed by atoms with Gasteiger partial charge in [0.15, 0.2) is 0 Å². The van der Waals surface area contributed by atoms with Gasteiger partial charge in [-0.15, -0.1) is 0 Å². The van der Waals surface area contributed by atoms with Gasteiger partial charge in [0.05, 0.1) is 0 Å². The van der Waals surface area contributed by atoms with Gasteiger partial charge in [0.25, 0.3) is 5.91 Å². The number of hydrogen-bond donors (Lipinski definition) is 1. The lowest BCUT2D eigenvalue weighted by atomic mass is 10.1. The Morgan fingerprint density at radius 3 is 2.48 bits per heavy atom. The molecule has 140 valence electrons. The maximum atomic E-state index is 12.3. The van der Waals surface area contributed by atoms with Gasteiger partial charge in [-0.2, -0.15) is 0 Å². The molecule has 25 heavy (non-hydrogen) atoms. The lowest BCUT2D eigenvalue weighted by Crippen LogP contribution is -2.44. The van der Waals surface area contributed by atoms with E-state index in [1.54, 1.807) is 0 Å². The van der Waals surface area contributed by atoms with Crippen LogP contribution >= 0.6 is 0 Å². The molecule has 2 rings (SSSR count). The van der Waals surface area contributed by atoms with Gasteiger partial charge < -0.3 is 19.9 Å². The van der Waals surface area contributed by atoms with Gasteiger partial charge in [-0.05, 0) is 57.0 Å². The molecule has 1 saturated heterocycles. The summed E-state index contributed by atoms with van der Waals surface area (Å²) in [4.78, 5) is 17.1. The van der Waals surface area contributed by atoms with E-state index in [-0.39, 0.29) is 5.91 Å². The number of likely N-dealkylation sites (N-methyl/N-ethyl adjacent to an activating group) is 1. The molecule has 1 aliphatic rings. The number of nitrogens with one attached hydrogen (secondary N) is 1. The van der Waals surface area contributed by atoms with E-state index in [1.807, 2.05) is 19.9 Å². The molecule has 1 atom stereocenters. The predicted molar refractivity (Wildman–Crippen MR) is 104 cm³/mol. The van der Waals surface area contributed by atoms with E-state index in [0.29, 0.717) is 12.5 Å². The number of aryl methyl sites for hydroxylation is 1. The van der Waals surface area contributed by atoms with Crippen molar-refractivity contribution in [2.75, 3.05) is 50.1 Å². The molecule has 1 aliphatic heterocycles. The Labute approximate surface area is 152 Å². The minimum Gasteiger partial charge on any atom is -0.369 e. The van der Waals surface area contributed by atoms with Crippen molar-refractivity contribution in [3.8, 4) is 0 Å². The summed E-state index contributed by atoms with van der Waals surface area (Å²) in [5.41, 5.74) is 3.17. The highest BCUT2D eigenvalue weighted by Crippen LogP contribution is 2.24. The fourth-order valence-corrected chi connectivity index (χ4v) is 2.84. The molecule has 0 radical (unpaired) electrons. The molecule has 1 amide bonds. The first kappa shape index (κ1) is 19.7. The fourth-order valence-electron chi connectivity index (χ4n) is 2.84. The lowest BCUT2D eigenvalue weighted by molar-refractivity contribution is -0.126. The number of benzene rings is 1.